The molecule has 37 heavy (non-hydrogen) atoms. The quantitative estimate of drug-likeness (QED) is 0.163. The summed E-state index contributed by atoms with van der Waals surface area (Å²) in [6.45, 7) is 2.72. The van der Waals surface area contributed by atoms with Gasteiger partial charge in [-0.2, -0.15) is 0 Å². The average molecular weight is 567 g/mol. The third kappa shape index (κ3) is 8.20. The molecule has 0 unspecified atom stereocenters. The molecule has 0 aliphatic heterocycles. The molecule has 0 aliphatic carbocycles. The van der Waals surface area contributed by atoms with Crippen molar-refractivity contribution in [2.75, 3.05) is 26.7 Å². The molecule has 1 heterocycles. The Balaban J connectivity index is 0.00000241. The van der Waals surface area contributed by atoms with Gasteiger partial charge in [0, 0.05) is 24.2 Å². The Hall–Kier alpha value is -2.59. The number of methoxy groups -OCH3 is 1. The average Bonchev–Trinajstić information content (AvgIpc) is 3.27. The van der Waals surface area contributed by atoms with E-state index in [1.54, 1.807) is 13.2 Å². The molecule has 1 aromatic heterocycles. The highest BCUT2D eigenvalue weighted by Crippen LogP contribution is 2.31. The predicted octanol–water partition coefficient (Wildman–Crippen LogP) is 4.35. The van der Waals surface area contributed by atoms with Crippen molar-refractivity contribution >= 4 is 46.4 Å². The number of phenolic OH excluding ortho intramolecular Hbond substituents is 1. The lowest BCUT2D eigenvalue weighted by molar-refractivity contribution is 0.176. The van der Waals surface area contributed by atoms with Crippen molar-refractivity contribution in [3.63, 3.8) is 0 Å². The van der Waals surface area contributed by atoms with Crippen LogP contribution in [0, 0.1) is 0 Å². The van der Waals surface area contributed by atoms with Crippen molar-refractivity contribution in [3.05, 3.63) is 92.6 Å². The van der Waals surface area contributed by atoms with Crippen molar-refractivity contribution < 1.29 is 14.9 Å². The lowest BCUT2D eigenvalue weighted by atomic mass is 10.1. The van der Waals surface area contributed by atoms with Gasteiger partial charge in [0.25, 0.3) is 0 Å². The summed E-state index contributed by atoms with van der Waals surface area (Å²) >= 11 is 0.997. The molecular weight excluding hydrogens is 533 g/mol. The number of fused-ring (bicyclic) bond motifs is 1. The number of halogens is 2. The summed E-state index contributed by atoms with van der Waals surface area (Å²) in [6, 6.07) is 19.8. The highest BCUT2D eigenvalue weighted by Gasteiger charge is 2.15. The summed E-state index contributed by atoms with van der Waals surface area (Å²) in [5.74, 6) is 0.912. The van der Waals surface area contributed by atoms with E-state index >= 15 is 0 Å². The minimum absolute atomic E-state index is 0. The molecule has 4 rings (SSSR count). The van der Waals surface area contributed by atoms with E-state index in [0.717, 1.165) is 55.1 Å². The Morgan fingerprint density at radius 2 is 1.68 bits per heavy atom. The Bertz CT molecular complexity index is 1330. The van der Waals surface area contributed by atoms with Crippen molar-refractivity contribution in [2.45, 2.75) is 25.5 Å². The number of aliphatic hydroxyl groups is 1. The molecule has 10 heteroatoms. The summed E-state index contributed by atoms with van der Waals surface area (Å²) < 4.78 is 6.00. The van der Waals surface area contributed by atoms with E-state index in [-0.39, 0.29) is 35.4 Å². The third-order valence-electron chi connectivity index (χ3n) is 5.96. The SMILES string of the molecule is COc1ccccc1CNCCc1cccc(CCNC[C@H](O)c2ccc(O)c3[nH]c(=O)sc23)c1.Cl.Cl. The molecule has 0 fully saturated rings. The monoisotopic (exact) mass is 565 g/mol. The van der Waals surface area contributed by atoms with Gasteiger partial charge in [0.1, 0.15) is 17.0 Å². The van der Waals surface area contributed by atoms with Gasteiger partial charge in [0.15, 0.2) is 0 Å². The molecule has 0 saturated carbocycles. The maximum atomic E-state index is 11.7. The first-order chi connectivity index (χ1) is 17.0. The fraction of sp³-hybridized carbons (Fsp3) is 0.296. The largest absolute Gasteiger partial charge is 0.506 e. The summed E-state index contributed by atoms with van der Waals surface area (Å²) in [6.07, 6.45) is 1.01. The van der Waals surface area contributed by atoms with Crippen LogP contribution in [0.5, 0.6) is 11.5 Å². The van der Waals surface area contributed by atoms with Gasteiger partial charge in [-0.3, -0.25) is 4.79 Å². The number of aromatic amines is 1. The number of thiazole rings is 1. The highest BCUT2D eigenvalue weighted by atomic mass is 35.5. The van der Waals surface area contributed by atoms with Gasteiger partial charge in [0.05, 0.1) is 17.9 Å². The van der Waals surface area contributed by atoms with Gasteiger partial charge < -0.3 is 30.6 Å². The summed E-state index contributed by atoms with van der Waals surface area (Å²) in [4.78, 5) is 14.0. The first-order valence-electron chi connectivity index (χ1n) is 11.7. The van der Waals surface area contributed by atoms with E-state index in [1.165, 1.54) is 17.2 Å². The summed E-state index contributed by atoms with van der Waals surface area (Å²) in [7, 11) is 1.69. The van der Waals surface area contributed by atoms with E-state index in [9.17, 15) is 15.0 Å². The molecule has 0 saturated heterocycles. The molecule has 200 valence electrons. The van der Waals surface area contributed by atoms with Crippen LogP contribution in [0.3, 0.4) is 0 Å². The Morgan fingerprint density at radius 3 is 2.41 bits per heavy atom. The number of ether oxygens (including phenoxy) is 1. The van der Waals surface area contributed by atoms with Crippen molar-refractivity contribution in [2.24, 2.45) is 0 Å². The maximum absolute atomic E-state index is 11.7. The van der Waals surface area contributed by atoms with Crippen molar-refractivity contribution in [1.29, 1.82) is 0 Å². The second-order valence-electron chi connectivity index (χ2n) is 8.42. The van der Waals surface area contributed by atoms with Crippen LogP contribution in [-0.2, 0) is 19.4 Å². The Labute approximate surface area is 232 Å². The second-order valence-corrected chi connectivity index (χ2v) is 9.40. The van der Waals surface area contributed by atoms with Crippen LogP contribution in [0.15, 0.2) is 65.5 Å². The lowest BCUT2D eigenvalue weighted by Crippen LogP contribution is -2.24. The van der Waals surface area contributed by atoms with Crippen molar-refractivity contribution in [3.8, 4) is 11.5 Å². The zero-order valence-electron chi connectivity index (χ0n) is 20.5. The van der Waals surface area contributed by atoms with Crippen LogP contribution >= 0.6 is 36.2 Å². The minimum atomic E-state index is -0.773. The van der Waals surface area contributed by atoms with E-state index in [4.69, 9.17) is 4.74 Å². The smallest absolute Gasteiger partial charge is 0.305 e. The molecule has 7 nitrogen and oxygen atoms in total. The third-order valence-corrected chi connectivity index (χ3v) is 6.90. The maximum Gasteiger partial charge on any atom is 0.305 e. The molecule has 0 aliphatic rings. The molecule has 3 aromatic carbocycles. The van der Waals surface area contributed by atoms with Crippen molar-refractivity contribution in [1.82, 2.24) is 15.6 Å². The number of aromatic nitrogens is 1. The minimum Gasteiger partial charge on any atom is -0.506 e. The number of aromatic hydroxyl groups is 1. The van der Waals surface area contributed by atoms with Gasteiger partial charge in [-0.15, -0.1) is 24.8 Å². The van der Waals surface area contributed by atoms with Crippen LogP contribution < -0.4 is 20.2 Å². The number of aliphatic hydroxyl groups excluding tert-OH is 1. The molecule has 4 aromatic rings. The number of hydrogen-bond acceptors (Lipinski definition) is 7. The number of hydrogen-bond donors (Lipinski definition) is 5. The topological polar surface area (TPSA) is 107 Å². The molecule has 0 amide bonds. The van der Waals surface area contributed by atoms with Gasteiger partial charge >= 0.3 is 4.87 Å². The zero-order valence-corrected chi connectivity index (χ0v) is 23.0. The van der Waals surface area contributed by atoms with Crippen LogP contribution in [0.1, 0.15) is 28.4 Å². The zero-order chi connectivity index (χ0) is 24.6. The standard InChI is InChI=1S/C27H31N3O4S.2ClH/c1-34-24-8-3-2-7-20(24)16-28-13-11-18-5-4-6-19(15-18)12-14-29-17-23(32)21-9-10-22(31)25-26(21)35-27(33)30-25;;/h2-10,15,23,28-29,31-32H,11-14,16-17H2,1H3,(H,30,33);2*1H/t23-;;/m0../s1. The normalized spacial score (nSPS) is 11.5. The van der Waals surface area contributed by atoms with E-state index in [1.807, 2.05) is 18.2 Å². The van der Waals surface area contributed by atoms with Crippen LogP contribution in [-0.4, -0.2) is 41.9 Å². The van der Waals surface area contributed by atoms with Crippen LogP contribution in [0.25, 0.3) is 10.2 Å². The molecule has 0 radical (unpaired) electrons. The van der Waals surface area contributed by atoms with E-state index in [2.05, 4.69) is 45.9 Å². The van der Waals surface area contributed by atoms with Gasteiger partial charge in [0.2, 0.25) is 0 Å². The van der Waals surface area contributed by atoms with E-state index < -0.39 is 6.10 Å². The second kappa shape index (κ2) is 15.0. The molecule has 0 bridgehead atoms. The Kier molecular flexibility index (Phi) is 12.4. The molecule has 1 atom stereocenters. The number of nitrogens with one attached hydrogen (secondary N) is 3. The predicted molar refractivity (Wildman–Crippen MR) is 155 cm³/mol. The number of H-pyrrole nitrogens is 1. The lowest BCUT2D eigenvalue weighted by Gasteiger charge is -2.14. The number of para-hydroxylation sites is 1. The van der Waals surface area contributed by atoms with E-state index in [0.29, 0.717) is 22.3 Å². The molecule has 5 N–H and O–H groups in total. The summed E-state index contributed by atoms with van der Waals surface area (Å²) in [5.41, 5.74) is 4.69. The fourth-order valence-electron chi connectivity index (χ4n) is 4.13. The first-order valence-corrected chi connectivity index (χ1v) is 12.5. The fourth-order valence-corrected chi connectivity index (χ4v) is 5.05. The Morgan fingerprint density at radius 1 is 0.973 bits per heavy atom. The van der Waals surface area contributed by atoms with Gasteiger partial charge in [-0.1, -0.05) is 59.9 Å². The van der Waals surface area contributed by atoms with Gasteiger partial charge in [-0.05, 0) is 49.2 Å². The number of phenols is 1. The molecule has 0 spiro atoms. The van der Waals surface area contributed by atoms with Crippen LogP contribution in [0.4, 0.5) is 0 Å². The number of benzene rings is 3. The summed E-state index contributed by atoms with van der Waals surface area (Å²) in [5, 5.41) is 27.3. The van der Waals surface area contributed by atoms with Gasteiger partial charge in [-0.25, -0.2) is 0 Å². The highest BCUT2D eigenvalue weighted by molar-refractivity contribution is 7.16. The molecular formula is C27H33Cl2N3O4S. The first kappa shape index (κ1) is 30.6. The number of rotatable bonds is 12. The van der Waals surface area contributed by atoms with Crippen LogP contribution in [0.2, 0.25) is 0 Å².